The van der Waals surface area contributed by atoms with Crippen molar-refractivity contribution in [3.8, 4) is 0 Å². The van der Waals surface area contributed by atoms with E-state index in [9.17, 15) is 5.11 Å². The van der Waals surface area contributed by atoms with Gasteiger partial charge < -0.3 is 10.8 Å². The normalized spacial score (nSPS) is 19.7. The Morgan fingerprint density at radius 2 is 2.12 bits per heavy atom. The summed E-state index contributed by atoms with van der Waals surface area (Å²) in [4.78, 5) is 4.26. The van der Waals surface area contributed by atoms with Crippen LogP contribution in [0.2, 0.25) is 0 Å². The third kappa shape index (κ3) is 2.52. The summed E-state index contributed by atoms with van der Waals surface area (Å²) in [6.07, 6.45) is 6.35. The van der Waals surface area contributed by atoms with E-state index in [2.05, 4.69) is 11.6 Å². The van der Waals surface area contributed by atoms with Crippen molar-refractivity contribution >= 4 is 17.6 Å². The zero-order chi connectivity index (χ0) is 12.3. The highest BCUT2D eigenvalue weighted by Gasteiger charge is 2.13. The van der Waals surface area contributed by atoms with Gasteiger partial charge in [-0.25, -0.2) is 0 Å². The van der Waals surface area contributed by atoms with Crippen LogP contribution in [0.25, 0.3) is 0 Å². The molecule has 0 fully saturated rings. The molecule has 1 aliphatic carbocycles. The molecule has 1 aliphatic rings. The fraction of sp³-hybridized carbons (Fsp3) is 0.0714. The van der Waals surface area contributed by atoms with Gasteiger partial charge in [-0.05, 0) is 17.7 Å². The molecule has 17 heavy (non-hydrogen) atoms. The molecular formula is C14H14N2O. The molecule has 3 heteroatoms. The van der Waals surface area contributed by atoms with Gasteiger partial charge in [0.05, 0.1) is 11.4 Å². The summed E-state index contributed by atoms with van der Waals surface area (Å²) in [7, 11) is 0. The molecule has 0 saturated heterocycles. The number of hydrogen-bond donors (Lipinski definition) is 2. The number of nitrogen functional groups attached to an aromatic ring is 1. The van der Waals surface area contributed by atoms with Gasteiger partial charge >= 0.3 is 0 Å². The Morgan fingerprint density at radius 3 is 2.88 bits per heavy atom. The number of para-hydroxylation sites is 2. The molecule has 0 aromatic heterocycles. The number of nitrogens with zero attached hydrogens (tertiary/aromatic N) is 1. The number of aliphatic hydroxyl groups excluding tert-OH is 1. The van der Waals surface area contributed by atoms with Crippen LogP contribution in [0.1, 0.15) is 0 Å². The van der Waals surface area contributed by atoms with Gasteiger partial charge in [0.1, 0.15) is 6.10 Å². The quantitative estimate of drug-likeness (QED) is 0.601. The Labute approximate surface area is 100 Å². The molecule has 1 aromatic rings. The summed E-state index contributed by atoms with van der Waals surface area (Å²) in [5.41, 5.74) is 8.45. The first kappa shape index (κ1) is 11.4. The molecule has 0 amide bonds. The zero-order valence-electron chi connectivity index (χ0n) is 9.38. The molecule has 0 bridgehead atoms. The largest absolute Gasteiger partial charge is 0.397 e. The van der Waals surface area contributed by atoms with Gasteiger partial charge in [0.25, 0.3) is 0 Å². The topological polar surface area (TPSA) is 58.6 Å². The lowest BCUT2D eigenvalue weighted by Crippen LogP contribution is -2.14. The summed E-state index contributed by atoms with van der Waals surface area (Å²) in [6, 6.07) is 7.34. The van der Waals surface area contributed by atoms with E-state index in [1.54, 1.807) is 18.4 Å². The van der Waals surface area contributed by atoms with Crippen molar-refractivity contribution in [2.24, 2.45) is 4.99 Å². The highest BCUT2D eigenvalue weighted by Crippen LogP contribution is 2.22. The highest BCUT2D eigenvalue weighted by atomic mass is 16.3. The first-order valence-corrected chi connectivity index (χ1v) is 5.32. The van der Waals surface area contributed by atoms with Crippen LogP contribution in [0.5, 0.6) is 0 Å². The number of nitrogens with two attached hydrogens (primary N) is 1. The minimum Gasteiger partial charge on any atom is -0.397 e. The average Bonchev–Trinajstić information content (AvgIpc) is 2.33. The zero-order valence-corrected chi connectivity index (χ0v) is 9.38. The maximum Gasteiger partial charge on any atom is 0.105 e. The fourth-order valence-corrected chi connectivity index (χ4v) is 1.54. The van der Waals surface area contributed by atoms with Crippen molar-refractivity contribution in [1.82, 2.24) is 0 Å². The van der Waals surface area contributed by atoms with Gasteiger partial charge in [-0.1, -0.05) is 36.9 Å². The standard InChI is InChI=1S/C14H14N2O/c1-10-5-4-6-11(14(10)17)9-16-13-8-3-2-7-12(13)15/h2-9,14,17H,1,15H2. The van der Waals surface area contributed by atoms with Crippen molar-refractivity contribution in [3.05, 3.63) is 60.2 Å². The molecule has 3 N–H and O–H groups in total. The number of aliphatic hydroxyl groups is 1. The lowest BCUT2D eigenvalue weighted by molar-refractivity contribution is 0.257. The Morgan fingerprint density at radius 1 is 1.35 bits per heavy atom. The van der Waals surface area contributed by atoms with Crippen LogP contribution in [0, 0.1) is 0 Å². The predicted octanol–water partition coefficient (Wildman–Crippen LogP) is 2.38. The van der Waals surface area contributed by atoms with Gasteiger partial charge in [0, 0.05) is 11.8 Å². The van der Waals surface area contributed by atoms with Gasteiger partial charge in [-0.15, -0.1) is 0 Å². The van der Waals surface area contributed by atoms with E-state index in [4.69, 9.17) is 5.73 Å². The maximum atomic E-state index is 9.84. The number of aliphatic imine (C=N–C) groups is 1. The number of allylic oxidation sites excluding steroid dienone is 2. The monoisotopic (exact) mass is 226 g/mol. The molecule has 0 aliphatic heterocycles. The second-order valence-corrected chi connectivity index (χ2v) is 3.82. The molecular weight excluding hydrogens is 212 g/mol. The van der Waals surface area contributed by atoms with Crippen LogP contribution in [0.4, 0.5) is 11.4 Å². The third-order valence-electron chi connectivity index (χ3n) is 2.56. The summed E-state index contributed by atoms with van der Waals surface area (Å²) in [5, 5.41) is 9.84. The number of benzene rings is 1. The van der Waals surface area contributed by atoms with Gasteiger partial charge in [-0.3, -0.25) is 4.99 Å². The van der Waals surface area contributed by atoms with Crippen LogP contribution in [0.15, 0.2) is 65.2 Å². The molecule has 2 rings (SSSR count). The van der Waals surface area contributed by atoms with Crippen molar-refractivity contribution in [2.75, 3.05) is 5.73 Å². The Kier molecular flexibility index (Phi) is 3.21. The Balaban J connectivity index is 2.22. The number of rotatable bonds is 2. The fourth-order valence-electron chi connectivity index (χ4n) is 1.54. The smallest absolute Gasteiger partial charge is 0.105 e. The van der Waals surface area contributed by atoms with E-state index in [0.29, 0.717) is 22.5 Å². The Bertz CT molecular complexity index is 527. The lowest BCUT2D eigenvalue weighted by Gasteiger charge is -2.14. The molecule has 0 saturated carbocycles. The minimum absolute atomic E-state index is 0.615. The molecule has 86 valence electrons. The van der Waals surface area contributed by atoms with Crippen molar-refractivity contribution in [1.29, 1.82) is 0 Å². The number of hydrogen-bond acceptors (Lipinski definition) is 3. The molecule has 1 unspecified atom stereocenters. The Hall–Kier alpha value is -2.13. The first-order chi connectivity index (χ1) is 8.18. The van der Waals surface area contributed by atoms with Crippen LogP contribution >= 0.6 is 0 Å². The van der Waals surface area contributed by atoms with E-state index in [1.807, 2.05) is 30.4 Å². The molecule has 3 nitrogen and oxygen atoms in total. The molecule has 1 aromatic carbocycles. The van der Waals surface area contributed by atoms with Crippen LogP contribution in [-0.2, 0) is 0 Å². The third-order valence-corrected chi connectivity index (χ3v) is 2.56. The SMILES string of the molecule is C=C1C=CC=C(C=Nc2ccccc2N)C1O. The van der Waals surface area contributed by atoms with E-state index in [0.717, 1.165) is 0 Å². The van der Waals surface area contributed by atoms with Crippen LogP contribution in [-0.4, -0.2) is 17.4 Å². The second kappa shape index (κ2) is 4.80. The van der Waals surface area contributed by atoms with Gasteiger partial charge in [0.2, 0.25) is 0 Å². The molecule has 0 heterocycles. The number of anilines is 1. The first-order valence-electron chi connectivity index (χ1n) is 5.32. The van der Waals surface area contributed by atoms with Crippen molar-refractivity contribution in [2.45, 2.75) is 6.10 Å². The average molecular weight is 226 g/mol. The maximum absolute atomic E-state index is 9.84. The van der Waals surface area contributed by atoms with E-state index >= 15 is 0 Å². The summed E-state index contributed by atoms with van der Waals surface area (Å²) in [6.45, 7) is 3.75. The molecule has 0 radical (unpaired) electrons. The molecule has 1 atom stereocenters. The summed E-state index contributed by atoms with van der Waals surface area (Å²) in [5.74, 6) is 0. The van der Waals surface area contributed by atoms with Crippen molar-refractivity contribution < 1.29 is 5.11 Å². The summed E-state index contributed by atoms with van der Waals surface area (Å²) < 4.78 is 0. The van der Waals surface area contributed by atoms with E-state index in [-0.39, 0.29) is 0 Å². The lowest BCUT2D eigenvalue weighted by atomic mass is 9.99. The molecule has 0 spiro atoms. The van der Waals surface area contributed by atoms with Gasteiger partial charge in [-0.2, -0.15) is 0 Å². The van der Waals surface area contributed by atoms with Crippen LogP contribution < -0.4 is 5.73 Å². The van der Waals surface area contributed by atoms with Crippen molar-refractivity contribution in [3.63, 3.8) is 0 Å². The summed E-state index contributed by atoms with van der Waals surface area (Å²) >= 11 is 0. The van der Waals surface area contributed by atoms with E-state index < -0.39 is 6.10 Å². The minimum atomic E-state index is -0.686. The van der Waals surface area contributed by atoms with Gasteiger partial charge in [0.15, 0.2) is 0 Å². The predicted molar refractivity (Wildman–Crippen MR) is 71.4 cm³/mol. The van der Waals surface area contributed by atoms with E-state index in [1.165, 1.54) is 0 Å². The highest BCUT2D eigenvalue weighted by molar-refractivity contribution is 5.86. The second-order valence-electron chi connectivity index (χ2n) is 3.82. The van der Waals surface area contributed by atoms with Crippen LogP contribution in [0.3, 0.4) is 0 Å².